The normalized spacial score (nSPS) is 44.1. The highest BCUT2D eigenvalue weighted by atomic mass is 16.2. The molecule has 0 N–H and O–H groups in total. The lowest BCUT2D eigenvalue weighted by Crippen LogP contribution is -2.60. The molecule has 1 heterocycles. The molecule has 0 saturated heterocycles. The molecule has 0 unspecified atom stereocenters. The van der Waals surface area contributed by atoms with Gasteiger partial charge in [-0.3, -0.25) is 4.79 Å². The summed E-state index contributed by atoms with van der Waals surface area (Å²) >= 11 is 0. The zero-order valence-electron chi connectivity index (χ0n) is 11.5. The van der Waals surface area contributed by atoms with Crippen LogP contribution in [0.5, 0.6) is 0 Å². The van der Waals surface area contributed by atoms with Crippen LogP contribution >= 0.6 is 0 Å². The number of nitriles is 1. The van der Waals surface area contributed by atoms with E-state index in [-0.39, 0.29) is 11.4 Å². The number of hydrogen-bond acceptors (Lipinski definition) is 2. The van der Waals surface area contributed by atoms with Crippen LogP contribution in [-0.4, -0.2) is 22.9 Å². The molecule has 0 aromatic carbocycles. The molecule has 0 atom stereocenters. The molecule has 5 rings (SSSR count). The summed E-state index contributed by atoms with van der Waals surface area (Å²) in [6, 6.07) is 2.11. The number of nitrogens with zero attached hydrogens (tertiary/aromatic N) is 2. The topological polar surface area (TPSA) is 44.1 Å². The summed E-state index contributed by atoms with van der Waals surface area (Å²) in [7, 11) is 0. The second-order valence-corrected chi connectivity index (χ2v) is 7.30. The van der Waals surface area contributed by atoms with Crippen LogP contribution in [0, 0.1) is 29.1 Å². The lowest BCUT2D eigenvalue weighted by molar-refractivity contribution is -0.143. The van der Waals surface area contributed by atoms with Crippen LogP contribution < -0.4 is 0 Å². The molecule has 3 nitrogen and oxygen atoms in total. The van der Waals surface area contributed by atoms with Crippen molar-refractivity contribution in [3.63, 3.8) is 0 Å². The van der Waals surface area contributed by atoms with Gasteiger partial charge in [-0.05, 0) is 68.8 Å². The predicted octanol–water partition coefficient (Wildman–Crippen LogP) is 2.64. The molecule has 5 aliphatic rings. The maximum atomic E-state index is 12.5. The van der Waals surface area contributed by atoms with Gasteiger partial charge >= 0.3 is 0 Å². The molecular weight excluding hydrogens is 236 g/mol. The summed E-state index contributed by atoms with van der Waals surface area (Å²) < 4.78 is 0. The number of amides is 1. The minimum Gasteiger partial charge on any atom is -0.328 e. The molecule has 0 spiro atoms. The fourth-order valence-corrected chi connectivity index (χ4v) is 5.63. The average molecular weight is 256 g/mol. The molecule has 0 radical (unpaired) electrons. The van der Waals surface area contributed by atoms with Crippen LogP contribution in [0.4, 0.5) is 0 Å². The number of carbonyl (C=O) groups is 1. The van der Waals surface area contributed by atoms with Gasteiger partial charge < -0.3 is 4.90 Å². The van der Waals surface area contributed by atoms with Crippen LogP contribution in [-0.2, 0) is 4.79 Å². The Labute approximate surface area is 114 Å². The molecule has 100 valence electrons. The van der Waals surface area contributed by atoms with Crippen LogP contribution in [0.2, 0.25) is 0 Å². The van der Waals surface area contributed by atoms with E-state index in [0.717, 1.165) is 23.3 Å². The number of carbonyl (C=O) groups excluding carboxylic acids is 1. The van der Waals surface area contributed by atoms with E-state index in [2.05, 4.69) is 11.0 Å². The second kappa shape index (κ2) is 3.62. The molecule has 4 aliphatic carbocycles. The van der Waals surface area contributed by atoms with E-state index in [1.165, 1.54) is 38.5 Å². The molecule has 0 aromatic heterocycles. The highest BCUT2D eigenvalue weighted by molar-refractivity contribution is 6.01. The lowest BCUT2D eigenvalue weighted by Gasteiger charge is -2.59. The first kappa shape index (κ1) is 11.5. The van der Waals surface area contributed by atoms with E-state index >= 15 is 0 Å². The van der Waals surface area contributed by atoms with E-state index in [1.54, 1.807) is 0 Å². The van der Waals surface area contributed by atoms with Crippen LogP contribution in [0.3, 0.4) is 0 Å². The first-order valence-corrected chi connectivity index (χ1v) is 7.53. The minimum atomic E-state index is 0.0157. The van der Waals surface area contributed by atoms with Crippen molar-refractivity contribution in [2.45, 2.75) is 51.0 Å². The van der Waals surface area contributed by atoms with Gasteiger partial charge in [0.15, 0.2) is 0 Å². The Hall–Kier alpha value is -1.30. The minimum absolute atomic E-state index is 0.0157. The molecule has 19 heavy (non-hydrogen) atoms. The maximum absolute atomic E-state index is 12.5. The van der Waals surface area contributed by atoms with Crippen molar-refractivity contribution in [2.24, 2.45) is 17.8 Å². The molecule has 4 fully saturated rings. The predicted molar refractivity (Wildman–Crippen MR) is 70.9 cm³/mol. The van der Waals surface area contributed by atoms with E-state index < -0.39 is 0 Å². The Balaban J connectivity index is 1.68. The second-order valence-electron chi connectivity index (χ2n) is 7.30. The summed E-state index contributed by atoms with van der Waals surface area (Å²) in [6.07, 6.45) is 7.74. The monoisotopic (exact) mass is 256 g/mol. The molecule has 4 saturated carbocycles. The summed E-state index contributed by atoms with van der Waals surface area (Å²) in [6.45, 7) is 2.64. The summed E-state index contributed by atoms with van der Waals surface area (Å²) in [5.74, 6) is 2.53. The van der Waals surface area contributed by atoms with Gasteiger partial charge in [0.1, 0.15) is 11.6 Å². The first-order chi connectivity index (χ1) is 9.11. The third-order valence-electron chi connectivity index (χ3n) is 5.97. The maximum Gasteiger partial charge on any atom is 0.265 e. The Kier molecular flexibility index (Phi) is 2.20. The fourth-order valence-electron chi connectivity index (χ4n) is 5.63. The van der Waals surface area contributed by atoms with E-state index in [0.29, 0.717) is 12.1 Å². The van der Waals surface area contributed by atoms with Gasteiger partial charge in [0.2, 0.25) is 0 Å². The third-order valence-corrected chi connectivity index (χ3v) is 5.97. The van der Waals surface area contributed by atoms with Gasteiger partial charge in [0.25, 0.3) is 5.91 Å². The molecular formula is C16H20N2O. The van der Waals surface area contributed by atoms with Gasteiger partial charge in [0.05, 0.1) is 0 Å². The van der Waals surface area contributed by atoms with Gasteiger partial charge in [-0.15, -0.1) is 0 Å². The average Bonchev–Trinajstić information content (AvgIpc) is 2.63. The van der Waals surface area contributed by atoms with Crippen molar-refractivity contribution < 1.29 is 4.79 Å². The molecule has 1 aliphatic heterocycles. The molecule has 0 aromatic rings. The smallest absolute Gasteiger partial charge is 0.265 e. The van der Waals surface area contributed by atoms with Crippen LogP contribution in [0.1, 0.15) is 45.4 Å². The molecule has 1 amide bonds. The first-order valence-electron chi connectivity index (χ1n) is 7.53. The lowest BCUT2D eigenvalue weighted by atomic mass is 9.52. The molecule has 3 heteroatoms. The quantitative estimate of drug-likeness (QED) is 0.724. The third kappa shape index (κ3) is 1.46. The summed E-state index contributed by atoms with van der Waals surface area (Å²) in [5, 5.41) is 9.15. The van der Waals surface area contributed by atoms with Gasteiger partial charge in [0, 0.05) is 12.1 Å². The fraction of sp³-hybridized carbons (Fsp3) is 0.750. The Bertz CT molecular complexity index is 490. The van der Waals surface area contributed by atoms with Crippen molar-refractivity contribution >= 4 is 5.91 Å². The standard InChI is InChI=1S/C16H20N2O/c1-10-9-18(15(19)14(10)8-17)16-5-11-2-12(6-16)4-13(3-11)7-16/h11-13H,2-7,9H2,1H3. The molecule has 4 bridgehead atoms. The van der Waals surface area contributed by atoms with Crippen molar-refractivity contribution in [1.29, 1.82) is 5.26 Å². The van der Waals surface area contributed by atoms with Crippen molar-refractivity contribution in [1.82, 2.24) is 4.90 Å². The largest absolute Gasteiger partial charge is 0.328 e. The number of rotatable bonds is 1. The van der Waals surface area contributed by atoms with Crippen molar-refractivity contribution in [3.8, 4) is 6.07 Å². The van der Waals surface area contributed by atoms with Gasteiger partial charge in [-0.2, -0.15) is 5.26 Å². The number of hydrogen-bond donors (Lipinski definition) is 0. The van der Waals surface area contributed by atoms with E-state index in [9.17, 15) is 4.79 Å². The Morgan fingerprint density at radius 1 is 1.16 bits per heavy atom. The summed E-state index contributed by atoms with van der Waals surface area (Å²) in [4.78, 5) is 14.6. The Morgan fingerprint density at radius 3 is 2.11 bits per heavy atom. The zero-order chi connectivity index (χ0) is 13.2. The van der Waals surface area contributed by atoms with E-state index in [4.69, 9.17) is 5.26 Å². The Morgan fingerprint density at radius 2 is 1.68 bits per heavy atom. The zero-order valence-corrected chi connectivity index (χ0v) is 11.5. The van der Waals surface area contributed by atoms with E-state index in [1.807, 2.05) is 6.92 Å². The van der Waals surface area contributed by atoms with Gasteiger partial charge in [-0.25, -0.2) is 0 Å². The highest BCUT2D eigenvalue weighted by Gasteiger charge is 2.55. The van der Waals surface area contributed by atoms with Crippen molar-refractivity contribution in [3.05, 3.63) is 11.1 Å². The SMILES string of the molecule is CC1=C(C#N)C(=O)N(C23CC4CC(CC(C4)C2)C3)C1. The van der Waals surface area contributed by atoms with Gasteiger partial charge in [-0.1, -0.05) is 0 Å². The van der Waals surface area contributed by atoms with Crippen LogP contribution in [0.15, 0.2) is 11.1 Å². The van der Waals surface area contributed by atoms with Crippen LogP contribution in [0.25, 0.3) is 0 Å². The highest BCUT2D eigenvalue weighted by Crippen LogP contribution is 2.58. The summed E-state index contributed by atoms with van der Waals surface area (Å²) in [5.41, 5.74) is 1.49. The van der Waals surface area contributed by atoms with Crippen molar-refractivity contribution in [2.75, 3.05) is 6.54 Å².